The number of hydrogen-bond acceptors (Lipinski definition) is 5. The fraction of sp³-hybridized carbons (Fsp3) is 0.407. The highest BCUT2D eigenvalue weighted by Crippen LogP contribution is 2.34. The lowest BCUT2D eigenvalue weighted by molar-refractivity contribution is 0.0773. The minimum atomic E-state index is 0.0794. The highest BCUT2D eigenvalue weighted by atomic mass is 16.5. The molecule has 34 heavy (non-hydrogen) atoms. The first kappa shape index (κ1) is 23.8. The highest BCUT2D eigenvalue weighted by molar-refractivity contribution is 5.94. The first-order chi connectivity index (χ1) is 16.6. The summed E-state index contributed by atoms with van der Waals surface area (Å²) in [5, 5.41) is 0. The Hall–Kier alpha value is -3.32. The summed E-state index contributed by atoms with van der Waals surface area (Å²) in [5.41, 5.74) is 2.92. The third-order valence-electron chi connectivity index (χ3n) is 6.63. The molecule has 1 aliphatic heterocycles. The Kier molecular flexibility index (Phi) is 7.85. The number of carbonyl (C=O) groups excluding carboxylic acids is 1. The number of methoxy groups -OCH3 is 1. The van der Waals surface area contributed by atoms with E-state index >= 15 is 0 Å². The number of benzene rings is 2. The maximum Gasteiger partial charge on any atom is 0.253 e. The first-order valence-corrected chi connectivity index (χ1v) is 12.2. The molecule has 0 bridgehead atoms. The van der Waals surface area contributed by atoms with Gasteiger partial charge in [-0.25, -0.2) is 4.98 Å². The topological polar surface area (TPSA) is 64.7 Å². The second-order valence-corrected chi connectivity index (χ2v) is 8.64. The quantitative estimate of drug-likeness (QED) is 0.500. The maximum absolute atomic E-state index is 12.8. The molecule has 1 fully saturated rings. The lowest BCUT2D eigenvalue weighted by atomic mass is 10.0. The average molecular weight is 462 g/mol. The predicted octanol–water partition coefficient (Wildman–Crippen LogP) is 4.70. The van der Waals surface area contributed by atoms with Crippen molar-refractivity contribution < 1.29 is 9.53 Å². The number of hydrogen-bond donors (Lipinski definition) is 1. The molecule has 2 heterocycles. The summed E-state index contributed by atoms with van der Waals surface area (Å²) in [5.74, 6) is 1.93. The van der Waals surface area contributed by atoms with Crippen LogP contribution in [0.5, 0.6) is 5.75 Å². The van der Waals surface area contributed by atoms with Gasteiger partial charge in [-0.2, -0.15) is 0 Å². The zero-order valence-corrected chi connectivity index (χ0v) is 20.4. The molecule has 7 nitrogen and oxygen atoms in total. The van der Waals surface area contributed by atoms with Crippen LogP contribution in [0.3, 0.4) is 0 Å². The van der Waals surface area contributed by atoms with E-state index < -0.39 is 0 Å². The minimum absolute atomic E-state index is 0.0794. The lowest BCUT2D eigenvalue weighted by Crippen LogP contribution is -2.43. The molecule has 4 rings (SSSR count). The van der Waals surface area contributed by atoms with Crippen LogP contribution >= 0.6 is 0 Å². The summed E-state index contributed by atoms with van der Waals surface area (Å²) in [6.07, 6.45) is 5.76. The molecule has 1 saturated heterocycles. The Labute approximate surface area is 202 Å². The van der Waals surface area contributed by atoms with Gasteiger partial charge in [0.1, 0.15) is 11.6 Å². The van der Waals surface area contributed by atoms with Crippen molar-refractivity contribution in [1.29, 1.82) is 0 Å². The number of rotatable bonds is 9. The first-order valence-electron chi connectivity index (χ1n) is 12.2. The van der Waals surface area contributed by atoms with Crippen LogP contribution in [-0.2, 0) is 6.54 Å². The largest absolute Gasteiger partial charge is 0.497 e. The fourth-order valence-electron chi connectivity index (χ4n) is 4.72. The Morgan fingerprint density at radius 3 is 2.44 bits per heavy atom. The van der Waals surface area contributed by atoms with E-state index in [2.05, 4.69) is 44.0 Å². The summed E-state index contributed by atoms with van der Waals surface area (Å²) in [6.45, 7) is 8.31. The zero-order valence-electron chi connectivity index (χ0n) is 20.4. The molecule has 0 spiro atoms. The van der Waals surface area contributed by atoms with Crippen molar-refractivity contribution in [3.63, 3.8) is 0 Å². The molecule has 1 amide bonds. The van der Waals surface area contributed by atoms with Crippen molar-refractivity contribution in [1.82, 2.24) is 19.8 Å². The van der Waals surface area contributed by atoms with Crippen LogP contribution in [-0.4, -0.2) is 65.0 Å². The number of piperidine rings is 1. The van der Waals surface area contributed by atoms with Gasteiger partial charge in [0.2, 0.25) is 0 Å². The number of amides is 1. The van der Waals surface area contributed by atoms with Gasteiger partial charge < -0.3 is 19.5 Å². The number of ether oxygens (including phenoxy) is 1. The van der Waals surface area contributed by atoms with Gasteiger partial charge in [-0.3, -0.25) is 9.69 Å². The van der Waals surface area contributed by atoms with E-state index in [1.165, 1.54) is 0 Å². The average Bonchev–Trinajstić information content (AvgIpc) is 3.39. The van der Waals surface area contributed by atoms with Crippen molar-refractivity contribution in [2.75, 3.05) is 38.2 Å². The molecule has 7 heteroatoms. The van der Waals surface area contributed by atoms with Crippen molar-refractivity contribution in [3.05, 3.63) is 72.3 Å². The summed E-state index contributed by atoms with van der Waals surface area (Å²) in [4.78, 5) is 27.1. The van der Waals surface area contributed by atoms with E-state index in [1.807, 2.05) is 49.2 Å². The molecule has 0 aliphatic carbocycles. The summed E-state index contributed by atoms with van der Waals surface area (Å²) in [7, 11) is 1.70. The normalized spacial score (nSPS) is 14.7. The number of aromatic amines is 1. The lowest BCUT2D eigenvalue weighted by Gasteiger charge is -2.40. The van der Waals surface area contributed by atoms with E-state index in [1.54, 1.807) is 13.3 Å². The van der Waals surface area contributed by atoms with Crippen molar-refractivity contribution >= 4 is 17.3 Å². The van der Waals surface area contributed by atoms with Gasteiger partial charge in [-0.1, -0.05) is 6.07 Å². The minimum Gasteiger partial charge on any atom is -0.497 e. The molecule has 1 aromatic heterocycles. The molecule has 0 radical (unpaired) electrons. The molecule has 0 saturated carbocycles. The monoisotopic (exact) mass is 461 g/mol. The molecule has 2 aromatic carbocycles. The van der Waals surface area contributed by atoms with E-state index in [-0.39, 0.29) is 5.91 Å². The Morgan fingerprint density at radius 1 is 1.09 bits per heavy atom. The molecule has 0 atom stereocenters. The second kappa shape index (κ2) is 11.2. The van der Waals surface area contributed by atoms with Crippen LogP contribution in [0.4, 0.5) is 11.4 Å². The smallest absolute Gasteiger partial charge is 0.253 e. The Bertz CT molecular complexity index is 1040. The Balaban J connectivity index is 1.56. The van der Waals surface area contributed by atoms with Crippen LogP contribution in [0.1, 0.15) is 42.9 Å². The standard InChI is InChI=1S/C27H35N5O2/c1-4-31(5-2)27(33)21-9-11-22(12-10-21)32(24-7-6-8-25(19-24)34-3)23-13-17-30(18-14-23)20-26-28-15-16-29-26/h6-12,15-16,19,23H,4-5,13-14,17-18,20H2,1-3H3,(H,28,29). The number of anilines is 2. The number of H-pyrrole nitrogens is 1. The van der Waals surface area contributed by atoms with E-state index in [4.69, 9.17) is 4.74 Å². The SMILES string of the molecule is CCN(CC)C(=O)c1ccc(N(c2cccc(OC)c2)C2CCN(Cc3ncc[nH]3)CC2)cc1. The van der Waals surface area contributed by atoms with Gasteiger partial charge in [0.15, 0.2) is 0 Å². The number of carbonyl (C=O) groups is 1. The van der Waals surface area contributed by atoms with Crippen LogP contribution in [0.15, 0.2) is 60.9 Å². The molecular weight excluding hydrogens is 426 g/mol. The highest BCUT2D eigenvalue weighted by Gasteiger charge is 2.27. The molecule has 3 aromatic rings. The number of nitrogens with zero attached hydrogens (tertiary/aromatic N) is 4. The van der Waals surface area contributed by atoms with Crippen LogP contribution in [0.2, 0.25) is 0 Å². The van der Waals surface area contributed by atoms with Crippen LogP contribution in [0, 0.1) is 0 Å². The summed E-state index contributed by atoms with van der Waals surface area (Å²) >= 11 is 0. The summed E-state index contributed by atoms with van der Waals surface area (Å²) < 4.78 is 5.51. The Morgan fingerprint density at radius 2 is 1.82 bits per heavy atom. The van der Waals surface area contributed by atoms with E-state index in [0.717, 1.165) is 61.0 Å². The number of aromatic nitrogens is 2. The van der Waals surface area contributed by atoms with Gasteiger partial charge in [-0.05, 0) is 63.1 Å². The van der Waals surface area contributed by atoms with Crippen molar-refractivity contribution in [3.8, 4) is 5.75 Å². The second-order valence-electron chi connectivity index (χ2n) is 8.64. The van der Waals surface area contributed by atoms with Crippen molar-refractivity contribution in [2.24, 2.45) is 0 Å². The van der Waals surface area contributed by atoms with Gasteiger partial charge in [0, 0.05) is 67.6 Å². The molecule has 0 unspecified atom stereocenters. The number of nitrogens with one attached hydrogen (secondary N) is 1. The van der Waals surface area contributed by atoms with Gasteiger partial charge in [-0.15, -0.1) is 0 Å². The number of likely N-dealkylation sites (tertiary alicyclic amines) is 1. The fourth-order valence-corrected chi connectivity index (χ4v) is 4.72. The molecule has 180 valence electrons. The third kappa shape index (κ3) is 5.42. The molecule has 1 aliphatic rings. The molecule has 1 N–H and O–H groups in total. The van der Waals surface area contributed by atoms with E-state index in [0.29, 0.717) is 19.1 Å². The summed E-state index contributed by atoms with van der Waals surface area (Å²) in [6, 6.07) is 16.6. The van der Waals surface area contributed by atoms with Gasteiger partial charge >= 0.3 is 0 Å². The zero-order chi connectivity index (χ0) is 23.9. The van der Waals surface area contributed by atoms with Crippen LogP contribution in [0.25, 0.3) is 0 Å². The van der Waals surface area contributed by atoms with Crippen LogP contribution < -0.4 is 9.64 Å². The van der Waals surface area contributed by atoms with Crippen molar-refractivity contribution in [2.45, 2.75) is 39.3 Å². The van der Waals surface area contributed by atoms with E-state index in [9.17, 15) is 4.79 Å². The van der Waals surface area contributed by atoms with Gasteiger partial charge in [0.25, 0.3) is 5.91 Å². The predicted molar refractivity (Wildman–Crippen MR) is 136 cm³/mol. The molecular formula is C27H35N5O2. The maximum atomic E-state index is 12.8. The van der Waals surface area contributed by atoms with Gasteiger partial charge in [0.05, 0.1) is 13.7 Å². The number of imidazole rings is 1. The third-order valence-corrected chi connectivity index (χ3v) is 6.63.